The summed E-state index contributed by atoms with van der Waals surface area (Å²) in [7, 11) is 1.91. The molecule has 0 radical (unpaired) electrons. The molecule has 1 aromatic rings. The summed E-state index contributed by atoms with van der Waals surface area (Å²) in [6.45, 7) is 6.90. The fourth-order valence-corrected chi connectivity index (χ4v) is 2.30. The number of rotatable bonds is 4. The highest BCUT2D eigenvalue weighted by atomic mass is 16.6. The lowest BCUT2D eigenvalue weighted by Gasteiger charge is -2.27. The van der Waals surface area contributed by atoms with Gasteiger partial charge < -0.3 is 10.1 Å². The number of nitrogens with one attached hydrogen (secondary N) is 1. The summed E-state index contributed by atoms with van der Waals surface area (Å²) < 4.78 is 5.59. The smallest absolute Gasteiger partial charge is 0.339 e. The molecule has 0 saturated heterocycles. The summed E-state index contributed by atoms with van der Waals surface area (Å²) in [5.74, 6) is -0.187. The predicted molar refractivity (Wildman–Crippen MR) is 73.7 cm³/mol. The molecule has 2 rings (SSSR count). The summed E-state index contributed by atoms with van der Waals surface area (Å²) in [4.78, 5) is 11.8. The van der Waals surface area contributed by atoms with Crippen LogP contribution in [-0.2, 0) is 10.3 Å². The van der Waals surface area contributed by atoms with Gasteiger partial charge in [0.05, 0.1) is 5.56 Å². The maximum Gasteiger partial charge on any atom is 0.339 e. The number of esters is 1. The van der Waals surface area contributed by atoms with Gasteiger partial charge in [0.2, 0.25) is 0 Å². The number of carbonyl (C=O) groups is 1. The largest absolute Gasteiger partial charge is 0.451 e. The first-order valence-corrected chi connectivity index (χ1v) is 6.71. The van der Waals surface area contributed by atoms with E-state index in [-0.39, 0.29) is 5.97 Å². The Hall–Kier alpha value is -1.35. The Morgan fingerprint density at radius 1 is 1.28 bits per heavy atom. The fraction of sp³-hybridized carbons (Fsp3) is 0.533. The number of fused-ring (bicyclic) bond motifs is 1. The van der Waals surface area contributed by atoms with Crippen LogP contribution in [0.25, 0.3) is 0 Å². The topological polar surface area (TPSA) is 38.3 Å². The Balaban J connectivity index is 0.000000771. The minimum absolute atomic E-state index is 0.187. The standard InChI is InChI=1S/C13H17NO2.C2H6/c1-3-13(8-9-14-2)11-7-5-4-6-10(11)12(15)16-13;1-2/h4-7,14H,3,8-9H2,1-2H3;1-2H3. The van der Waals surface area contributed by atoms with Crippen LogP contribution in [0, 0.1) is 0 Å². The van der Waals surface area contributed by atoms with Gasteiger partial charge in [0.1, 0.15) is 5.60 Å². The van der Waals surface area contributed by atoms with Crippen LogP contribution >= 0.6 is 0 Å². The van der Waals surface area contributed by atoms with Crippen molar-refractivity contribution in [2.75, 3.05) is 13.6 Å². The summed E-state index contributed by atoms with van der Waals surface area (Å²) in [5.41, 5.74) is 1.34. The first-order valence-electron chi connectivity index (χ1n) is 6.71. The molecule has 0 spiro atoms. The molecule has 1 unspecified atom stereocenters. The SMILES string of the molecule is CC.CCC1(CCNC)OC(=O)c2ccccc21. The zero-order valence-corrected chi connectivity index (χ0v) is 11.7. The van der Waals surface area contributed by atoms with Crippen molar-refractivity contribution in [2.45, 2.75) is 39.2 Å². The predicted octanol–water partition coefficient (Wildman–Crippen LogP) is 3.10. The van der Waals surface area contributed by atoms with Gasteiger partial charge in [0.15, 0.2) is 0 Å². The van der Waals surface area contributed by atoms with Gasteiger partial charge in [-0.1, -0.05) is 39.0 Å². The molecular formula is C15H23NO2. The third kappa shape index (κ3) is 2.56. The van der Waals surface area contributed by atoms with Crippen molar-refractivity contribution < 1.29 is 9.53 Å². The first-order chi connectivity index (χ1) is 8.73. The molecule has 0 aromatic heterocycles. The third-order valence-corrected chi connectivity index (χ3v) is 3.28. The summed E-state index contributed by atoms with van der Waals surface area (Å²) in [6, 6.07) is 7.68. The number of carbonyl (C=O) groups excluding carboxylic acids is 1. The van der Waals surface area contributed by atoms with Crippen molar-refractivity contribution in [3.05, 3.63) is 35.4 Å². The minimum atomic E-state index is -0.420. The number of hydrogen-bond donors (Lipinski definition) is 1. The quantitative estimate of drug-likeness (QED) is 0.833. The van der Waals surface area contributed by atoms with Crippen LogP contribution in [-0.4, -0.2) is 19.6 Å². The average molecular weight is 249 g/mol. The Bertz CT molecular complexity index is 403. The molecule has 1 atom stereocenters. The lowest BCUT2D eigenvalue weighted by molar-refractivity contribution is -0.0146. The molecule has 0 fully saturated rings. The average Bonchev–Trinajstić information content (AvgIpc) is 2.73. The molecule has 3 heteroatoms. The van der Waals surface area contributed by atoms with E-state index in [1.165, 1.54) is 0 Å². The van der Waals surface area contributed by atoms with Gasteiger partial charge in [-0.15, -0.1) is 0 Å². The Morgan fingerprint density at radius 2 is 1.94 bits per heavy atom. The summed E-state index contributed by atoms with van der Waals surface area (Å²) in [5, 5.41) is 3.11. The molecule has 3 nitrogen and oxygen atoms in total. The molecule has 1 heterocycles. The molecule has 0 amide bonds. The molecule has 0 aliphatic carbocycles. The lowest BCUT2D eigenvalue weighted by atomic mass is 9.87. The first kappa shape index (κ1) is 14.7. The van der Waals surface area contributed by atoms with Crippen LogP contribution in [0.5, 0.6) is 0 Å². The van der Waals surface area contributed by atoms with E-state index in [0.29, 0.717) is 0 Å². The Labute approximate surface area is 110 Å². The second-order valence-corrected chi connectivity index (χ2v) is 4.14. The van der Waals surface area contributed by atoms with Crippen molar-refractivity contribution in [1.82, 2.24) is 5.32 Å². The monoisotopic (exact) mass is 249 g/mol. The maximum absolute atomic E-state index is 11.8. The number of benzene rings is 1. The zero-order chi connectivity index (χ0) is 13.6. The molecular weight excluding hydrogens is 226 g/mol. The molecule has 0 saturated carbocycles. The molecule has 1 N–H and O–H groups in total. The van der Waals surface area contributed by atoms with Crippen molar-refractivity contribution in [3.8, 4) is 0 Å². The van der Waals surface area contributed by atoms with Crippen LogP contribution in [0.4, 0.5) is 0 Å². The van der Waals surface area contributed by atoms with Gasteiger partial charge in [0, 0.05) is 12.0 Å². The van der Waals surface area contributed by atoms with Gasteiger partial charge >= 0.3 is 5.97 Å². The molecule has 1 aliphatic rings. The van der Waals surface area contributed by atoms with Gasteiger partial charge in [-0.3, -0.25) is 0 Å². The second-order valence-electron chi connectivity index (χ2n) is 4.14. The Morgan fingerprint density at radius 3 is 2.56 bits per heavy atom. The van der Waals surface area contributed by atoms with Crippen LogP contribution in [0.1, 0.15) is 49.5 Å². The molecule has 0 bridgehead atoms. The number of hydrogen-bond acceptors (Lipinski definition) is 3. The number of cyclic esters (lactones) is 1. The van der Waals surface area contributed by atoms with Gasteiger partial charge in [-0.05, 0) is 26.1 Å². The van der Waals surface area contributed by atoms with E-state index in [1.807, 2.05) is 45.2 Å². The maximum atomic E-state index is 11.8. The molecule has 1 aliphatic heterocycles. The van der Waals surface area contributed by atoms with Gasteiger partial charge in [-0.25, -0.2) is 4.79 Å². The zero-order valence-electron chi connectivity index (χ0n) is 11.7. The van der Waals surface area contributed by atoms with Crippen molar-refractivity contribution in [3.63, 3.8) is 0 Å². The van der Waals surface area contributed by atoms with Crippen LogP contribution < -0.4 is 5.32 Å². The van der Waals surface area contributed by atoms with Gasteiger partial charge in [0.25, 0.3) is 0 Å². The lowest BCUT2D eigenvalue weighted by Crippen LogP contribution is -2.29. The van der Waals surface area contributed by atoms with Crippen LogP contribution in [0.15, 0.2) is 24.3 Å². The van der Waals surface area contributed by atoms with Crippen molar-refractivity contribution in [1.29, 1.82) is 0 Å². The van der Waals surface area contributed by atoms with Gasteiger partial charge in [-0.2, -0.15) is 0 Å². The Kier molecular flexibility index (Phi) is 5.35. The van der Waals surface area contributed by atoms with Crippen molar-refractivity contribution >= 4 is 5.97 Å². The van der Waals surface area contributed by atoms with E-state index < -0.39 is 5.60 Å². The molecule has 1 aromatic carbocycles. The summed E-state index contributed by atoms with van der Waals surface area (Å²) >= 11 is 0. The normalized spacial score (nSPS) is 20.8. The second kappa shape index (κ2) is 6.55. The van der Waals surface area contributed by atoms with E-state index in [1.54, 1.807) is 0 Å². The van der Waals surface area contributed by atoms with E-state index in [0.717, 1.165) is 30.5 Å². The highest BCUT2D eigenvalue weighted by molar-refractivity contribution is 5.94. The third-order valence-electron chi connectivity index (χ3n) is 3.28. The van der Waals surface area contributed by atoms with Crippen molar-refractivity contribution in [2.24, 2.45) is 0 Å². The van der Waals surface area contributed by atoms with Crippen LogP contribution in [0.3, 0.4) is 0 Å². The highest BCUT2D eigenvalue weighted by Crippen LogP contribution is 2.41. The highest BCUT2D eigenvalue weighted by Gasteiger charge is 2.43. The van der Waals surface area contributed by atoms with E-state index in [4.69, 9.17) is 4.74 Å². The van der Waals surface area contributed by atoms with Crippen LogP contribution in [0.2, 0.25) is 0 Å². The van der Waals surface area contributed by atoms with E-state index >= 15 is 0 Å². The molecule has 18 heavy (non-hydrogen) atoms. The number of ether oxygens (including phenoxy) is 1. The minimum Gasteiger partial charge on any atom is -0.451 e. The van der Waals surface area contributed by atoms with E-state index in [9.17, 15) is 4.79 Å². The molecule has 100 valence electrons. The summed E-state index contributed by atoms with van der Waals surface area (Å²) in [6.07, 6.45) is 1.64. The fourth-order valence-electron chi connectivity index (χ4n) is 2.30. The van der Waals surface area contributed by atoms with E-state index in [2.05, 4.69) is 12.2 Å².